The van der Waals surface area contributed by atoms with E-state index >= 15 is 0 Å². The van der Waals surface area contributed by atoms with Gasteiger partial charge in [-0.3, -0.25) is 9.36 Å². The summed E-state index contributed by atoms with van der Waals surface area (Å²) >= 11 is 6.08. The molecule has 1 aliphatic rings. The van der Waals surface area contributed by atoms with Crippen molar-refractivity contribution in [1.29, 1.82) is 0 Å². The first-order valence-corrected chi connectivity index (χ1v) is 7.60. The van der Waals surface area contributed by atoms with Crippen molar-refractivity contribution >= 4 is 22.5 Å². The Balaban J connectivity index is 2.05. The van der Waals surface area contributed by atoms with Crippen molar-refractivity contribution in [2.75, 3.05) is 20.1 Å². The van der Waals surface area contributed by atoms with E-state index in [2.05, 4.69) is 23.9 Å². The molecule has 2 aromatic rings. The fraction of sp³-hybridized carbons (Fsp3) is 0.500. The Labute approximate surface area is 129 Å². The van der Waals surface area contributed by atoms with Crippen LogP contribution in [-0.4, -0.2) is 34.6 Å². The molecule has 0 aliphatic carbocycles. The first-order chi connectivity index (χ1) is 9.88. The zero-order valence-electron chi connectivity index (χ0n) is 12.7. The lowest BCUT2D eigenvalue weighted by molar-refractivity contribution is 0.265. The Hall–Kier alpha value is -1.39. The van der Waals surface area contributed by atoms with Gasteiger partial charge in [-0.25, -0.2) is 4.98 Å². The van der Waals surface area contributed by atoms with Crippen molar-refractivity contribution in [1.82, 2.24) is 14.5 Å². The van der Waals surface area contributed by atoms with E-state index in [1.165, 1.54) is 0 Å². The van der Waals surface area contributed by atoms with Crippen LogP contribution in [0, 0.1) is 12.3 Å². The SMILES string of the molecule is Cc1cc(Cl)cc2c(=O)n(CC3(C)CCN(C)C3)cnc12. The maximum atomic E-state index is 12.7. The molecule has 1 fully saturated rings. The van der Waals surface area contributed by atoms with Gasteiger partial charge in [0, 0.05) is 18.1 Å². The van der Waals surface area contributed by atoms with E-state index in [-0.39, 0.29) is 11.0 Å². The van der Waals surface area contributed by atoms with E-state index in [0.717, 1.165) is 30.6 Å². The quantitative estimate of drug-likeness (QED) is 0.856. The normalized spacial score (nSPS) is 23.0. The summed E-state index contributed by atoms with van der Waals surface area (Å²) in [6.45, 7) is 6.95. The van der Waals surface area contributed by atoms with Crippen LogP contribution in [0.3, 0.4) is 0 Å². The first-order valence-electron chi connectivity index (χ1n) is 7.22. The third kappa shape index (κ3) is 2.70. The third-order valence-electron chi connectivity index (χ3n) is 4.38. The molecule has 0 saturated carbocycles. The van der Waals surface area contributed by atoms with Gasteiger partial charge in [-0.2, -0.15) is 0 Å². The van der Waals surface area contributed by atoms with Gasteiger partial charge < -0.3 is 4.90 Å². The second-order valence-electron chi connectivity index (χ2n) is 6.59. The van der Waals surface area contributed by atoms with Gasteiger partial charge in [0.05, 0.1) is 17.2 Å². The highest BCUT2D eigenvalue weighted by Crippen LogP contribution is 2.30. The van der Waals surface area contributed by atoms with Crippen molar-refractivity contribution in [2.24, 2.45) is 5.41 Å². The Morgan fingerprint density at radius 2 is 2.19 bits per heavy atom. The Bertz CT molecular complexity index is 755. The largest absolute Gasteiger partial charge is 0.306 e. The van der Waals surface area contributed by atoms with Gasteiger partial charge in [0.15, 0.2) is 0 Å². The van der Waals surface area contributed by atoms with E-state index in [4.69, 9.17) is 11.6 Å². The Morgan fingerprint density at radius 3 is 2.86 bits per heavy atom. The lowest BCUT2D eigenvalue weighted by Crippen LogP contribution is -2.32. The highest BCUT2D eigenvalue weighted by atomic mass is 35.5. The van der Waals surface area contributed by atoms with Gasteiger partial charge in [-0.05, 0) is 50.0 Å². The van der Waals surface area contributed by atoms with Crippen LogP contribution < -0.4 is 5.56 Å². The van der Waals surface area contributed by atoms with Crippen LogP contribution in [-0.2, 0) is 6.54 Å². The summed E-state index contributed by atoms with van der Waals surface area (Å²) in [5.41, 5.74) is 1.81. The molecule has 112 valence electrons. The van der Waals surface area contributed by atoms with Gasteiger partial charge >= 0.3 is 0 Å². The fourth-order valence-electron chi connectivity index (χ4n) is 3.33. The van der Waals surface area contributed by atoms with E-state index in [1.807, 2.05) is 13.0 Å². The molecule has 3 rings (SSSR count). The van der Waals surface area contributed by atoms with Crippen LogP contribution in [0.25, 0.3) is 10.9 Å². The summed E-state index contributed by atoms with van der Waals surface area (Å²) in [5.74, 6) is 0. The molecular formula is C16H20ClN3O. The fourth-order valence-corrected chi connectivity index (χ4v) is 3.60. The van der Waals surface area contributed by atoms with Crippen LogP contribution in [0.1, 0.15) is 18.9 Å². The number of hydrogen-bond acceptors (Lipinski definition) is 3. The molecule has 4 nitrogen and oxygen atoms in total. The maximum Gasteiger partial charge on any atom is 0.261 e. The predicted molar refractivity (Wildman–Crippen MR) is 86.0 cm³/mol. The topological polar surface area (TPSA) is 38.1 Å². The van der Waals surface area contributed by atoms with Crippen LogP contribution in [0.5, 0.6) is 0 Å². The summed E-state index contributed by atoms with van der Waals surface area (Å²) in [7, 11) is 2.12. The number of nitrogens with zero attached hydrogens (tertiary/aromatic N) is 3. The number of likely N-dealkylation sites (tertiary alicyclic amines) is 1. The minimum atomic E-state index is 0.00128. The molecule has 1 atom stereocenters. The standard InChI is InChI=1S/C16H20ClN3O/c1-11-6-12(17)7-13-14(11)18-10-20(15(13)21)9-16(2)4-5-19(3)8-16/h6-7,10H,4-5,8-9H2,1-3H3. The third-order valence-corrected chi connectivity index (χ3v) is 4.60. The van der Waals surface area contributed by atoms with Gasteiger partial charge in [-0.15, -0.1) is 0 Å². The molecule has 1 aliphatic heterocycles. The molecular weight excluding hydrogens is 286 g/mol. The Kier molecular flexibility index (Phi) is 3.54. The lowest BCUT2D eigenvalue weighted by atomic mass is 9.90. The molecule has 0 spiro atoms. The molecule has 21 heavy (non-hydrogen) atoms. The highest BCUT2D eigenvalue weighted by molar-refractivity contribution is 6.31. The minimum absolute atomic E-state index is 0.00128. The van der Waals surface area contributed by atoms with Crippen LogP contribution in [0.15, 0.2) is 23.3 Å². The number of benzene rings is 1. The summed E-state index contributed by atoms with van der Waals surface area (Å²) in [4.78, 5) is 19.5. The molecule has 0 bridgehead atoms. The summed E-state index contributed by atoms with van der Waals surface area (Å²) in [6.07, 6.45) is 2.78. The summed E-state index contributed by atoms with van der Waals surface area (Å²) in [5, 5.41) is 1.20. The highest BCUT2D eigenvalue weighted by Gasteiger charge is 2.32. The average molecular weight is 306 g/mol. The molecule has 0 radical (unpaired) electrons. The molecule has 5 heteroatoms. The number of halogens is 1. The second kappa shape index (κ2) is 5.11. The molecule has 2 heterocycles. The number of aromatic nitrogens is 2. The summed E-state index contributed by atoms with van der Waals surface area (Å²) in [6, 6.07) is 3.56. The van der Waals surface area contributed by atoms with Gasteiger partial charge in [0.2, 0.25) is 0 Å². The Morgan fingerprint density at radius 1 is 1.43 bits per heavy atom. The second-order valence-corrected chi connectivity index (χ2v) is 7.03. The van der Waals surface area contributed by atoms with Gasteiger partial charge in [0.1, 0.15) is 0 Å². The van der Waals surface area contributed by atoms with E-state index < -0.39 is 0 Å². The van der Waals surface area contributed by atoms with Gasteiger partial charge in [-0.1, -0.05) is 18.5 Å². The predicted octanol–water partition coefficient (Wildman–Crippen LogP) is 2.70. The zero-order chi connectivity index (χ0) is 15.2. The zero-order valence-corrected chi connectivity index (χ0v) is 13.4. The van der Waals surface area contributed by atoms with Crippen LogP contribution in [0.2, 0.25) is 5.02 Å². The number of fused-ring (bicyclic) bond motifs is 1. The maximum absolute atomic E-state index is 12.7. The number of hydrogen-bond donors (Lipinski definition) is 0. The van der Waals surface area contributed by atoms with E-state index in [9.17, 15) is 4.79 Å². The van der Waals surface area contributed by atoms with Crippen molar-refractivity contribution in [3.8, 4) is 0 Å². The van der Waals surface area contributed by atoms with Crippen molar-refractivity contribution in [3.63, 3.8) is 0 Å². The average Bonchev–Trinajstić information content (AvgIpc) is 2.73. The molecule has 0 N–H and O–H groups in total. The summed E-state index contributed by atoms with van der Waals surface area (Å²) < 4.78 is 1.73. The number of aryl methyl sites for hydroxylation is 1. The molecule has 1 aromatic heterocycles. The van der Waals surface area contributed by atoms with Crippen molar-refractivity contribution < 1.29 is 0 Å². The first kappa shape index (κ1) is 14.5. The lowest BCUT2D eigenvalue weighted by Gasteiger charge is -2.24. The molecule has 1 unspecified atom stereocenters. The molecule has 1 saturated heterocycles. The van der Waals surface area contributed by atoms with Crippen LogP contribution in [0.4, 0.5) is 0 Å². The number of rotatable bonds is 2. The molecule has 0 amide bonds. The van der Waals surface area contributed by atoms with Crippen molar-refractivity contribution in [3.05, 3.63) is 39.4 Å². The van der Waals surface area contributed by atoms with E-state index in [1.54, 1.807) is 17.0 Å². The monoisotopic (exact) mass is 305 g/mol. The van der Waals surface area contributed by atoms with Gasteiger partial charge in [0.25, 0.3) is 5.56 Å². The smallest absolute Gasteiger partial charge is 0.261 e. The molecule has 1 aromatic carbocycles. The van der Waals surface area contributed by atoms with E-state index in [0.29, 0.717) is 17.0 Å². The minimum Gasteiger partial charge on any atom is -0.306 e. The van der Waals surface area contributed by atoms with Crippen LogP contribution >= 0.6 is 11.6 Å². The van der Waals surface area contributed by atoms with Crippen molar-refractivity contribution in [2.45, 2.75) is 26.8 Å².